The summed E-state index contributed by atoms with van der Waals surface area (Å²) in [4.78, 5) is 0. The lowest BCUT2D eigenvalue weighted by atomic mass is 10.1. The summed E-state index contributed by atoms with van der Waals surface area (Å²) in [6.45, 7) is 5.20. The van der Waals surface area contributed by atoms with E-state index in [1.165, 1.54) is 44.9 Å². The molecule has 186 valence electrons. The molecule has 0 unspecified atom stereocenters. The Morgan fingerprint density at radius 1 is 0.743 bits per heavy atom. The number of aromatic nitrogens is 2. The Kier molecular flexibility index (Phi) is 11.6. The van der Waals surface area contributed by atoms with E-state index in [1.807, 2.05) is 36.4 Å². The van der Waals surface area contributed by atoms with E-state index in [4.69, 9.17) is 15.9 Å². The Balaban J connectivity index is 1.50. The van der Waals surface area contributed by atoms with Crippen LogP contribution in [-0.4, -0.2) is 22.9 Å². The van der Waals surface area contributed by atoms with Gasteiger partial charge in [0.2, 0.25) is 0 Å². The fourth-order valence-electron chi connectivity index (χ4n) is 3.82. The highest BCUT2D eigenvalue weighted by atomic mass is 32.1. The molecule has 3 aromatic rings. The first-order chi connectivity index (χ1) is 17.2. The average molecular weight is 491 g/mol. The first-order valence-corrected chi connectivity index (χ1v) is 13.8. The maximum atomic E-state index is 5.96. The van der Waals surface area contributed by atoms with E-state index in [-0.39, 0.29) is 6.10 Å². The van der Waals surface area contributed by atoms with Crippen LogP contribution in [0.15, 0.2) is 48.5 Å². The molecule has 2 aromatic carbocycles. The SMILES string of the molecule is C#C[C@H](CCCCC)Oc1ccc(-c2nnc(-c3ccc(OCCCCCCCC)cc3)s2)cc1. The van der Waals surface area contributed by atoms with Crippen molar-refractivity contribution in [3.63, 3.8) is 0 Å². The number of hydrogen-bond donors (Lipinski definition) is 0. The topological polar surface area (TPSA) is 44.2 Å². The number of hydrogen-bond acceptors (Lipinski definition) is 5. The zero-order valence-corrected chi connectivity index (χ0v) is 22.0. The van der Waals surface area contributed by atoms with Gasteiger partial charge in [-0.15, -0.1) is 16.6 Å². The number of benzene rings is 2. The maximum absolute atomic E-state index is 5.96. The lowest BCUT2D eigenvalue weighted by Gasteiger charge is -2.13. The lowest BCUT2D eigenvalue weighted by molar-refractivity contribution is 0.243. The van der Waals surface area contributed by atoms with Crippen LogP contribution in [0.4, 0.5) is 0 Å². The van der Waals surface area contributed by atoms with Crippen LogP contribution in [0.2, 0.25) is 0 Å². The first-order valence-electron chi connectivity index (χ1n) is 13.0. The smallest absolute Gasteiger partial charge is 0.158 e. The molecular formula is C30H38N2O2S. The predicted molar refractivity (Wildman–Crippen MR) is 147 cm³/mol. The van der Waals surface area contributed by atoms with Gasteiger partial charge < -0.3 is 9.47 Å². The minimum absolute atomic E-state index is 0.182. The molecule has 0 bridgehead atoms. The largest absolute Gasteiger partial charge is 0.494 e. The third kappa shape index (κ3) is 9.03. The predicted octanol–water partition coefficient (Wildman–Crippen LogP) is 8.57. The molecule has 4 nitrogen and oxygen atoms in total. The number of ether oxygens (including phenoxy) is 2. The average Bonchev–Trinajstić information content (AvgIpc) is 3.39. The molecule has 0 spiro atoms. The number of rotatable bonds is 16. The quantitative estimate of drug-likeness (QED) is 0.149. The van der Waals surface area contributed by atoms with Crippen molar-refractivity contribution in [2.45, 2.75) is 84.2 Å². The first kappa shape index (κ1) is 26.8. The summed E-state index contributed by atoms with van der Waals surface area (Å²) in [5, 5.41) is 10.6. The molecule has 0 fully saturated rings. The summed E-state index contributed by atoms with van der Waals surface area (Å²) < 4.78 is 11.9. The van der Waals surface area contributed by atoms with Crippen molar-refractivity contribution in [1.29, 1.82) is 0 Å². The molecule has 35 heavy (non-hydrogen) atoms. The van der Waals surface area contributed by atoms with Crippen molar-refractivity contribution in [2.24, 2.45) is 0 Å². The van der Waals surface area contributed by atoms with Gasteiger partial charge in [-0.2, -0.15) is 0 Å². The summed E-state index contributed by atoms with van der Waals surface area (Å²) in [6.07, 6.45) is 17.4. The highest BCUT2D eigenvalue weighted by molar-refractivity contribution is 7.17. The third-order valence-electron chi connectivity index (χ3n) is 5.93. The Bertz CT molecular complexity index is 1020. The molecule has 0 radical (unpaired) electrons. The van der Waals surface area contributed by atoms with E-state index in [9.17, 15) is 0 Å². The molecule has 1 heterocycles. The molecule has 0 aliphatic rings. The zero-order valence-electron chi connectivity index (χ0n) is 21.2. The molecule has 0 aliphatic carbocycles. The number of unbranched alkanes of at least 4 members (excludes halogenated alkanes) is 7. The van der Waals surface area contributed by atoms with Crippen molar-refractivity contribution in [3.05, 3.63) is 48.5 Å². The highest BCUT2D eigenvalue weighted by Gasteiger charge is 2.11. The highest BCUT2D eigenvalue weighted by Crippen LogP contribution is 2.32. The van der Waals surface area contributed by atoms with Gasteiger partial charge in [0.05, 0.1) is 6.61 Å². The van der Waals surface area contributed by atoms with Crippen molar-refractivity contribution >= 4 is 11.3 Å². The van der Waals surface area contributed by atoms with E-state index in [0.717, 1.165) is 58.5 Å². The monoisotopic (exact) mass is 490 g/mol. The van der Waals surface area contributed by atoms with Crippen LogP contribution in [0.1, 0.15) is 78.1 Å². The summed E-state index contributed by atoms with van der Waals surface area (Å²) in [7, 11) is 0. The normalized spacial score (nSPS) is 11.7. The summed E-state index contributed by atoms with van der Waals surface area (Å²) >= 11 is 1.58. The molecule has 0 saturated carbocycles. The van der Waals surface area contributed by atoms with Crippen molar-refractivity contribution in [1.82, 2.24) is 10.2 Å². The van der Waals surface area contributed by atoms with Gasteiger partial charge in [-0.25, -0.2) is 0 Å². The second-order valence-electron chi connectivity index (χ2n) is 8.85. The van der Waals surface area contributed by atoms with Gasteiger partial charge in [0, 0.05) is 11.1 Å². The van der Waals surface area contributed by atoms with Gasteiger partial charge in [-0.05, 0) is 67.8 Å². The molecule has 1 aromatic heterocycles. The molecule has 0 amide bonds. The van der Waals surface area contributed by atoms with Crippen LogP contribution in [0.5, 0.6) is 11.5 Å². The summed E-state index contributed by atoms with van der Waals surface area (Å²) in [6, 6.07) is 16.1. The van der Waals surface area contributed by atoms with Crippen LogP contribution in [0.3, 0.4) is 0 Å². The van der Waals surface area contributed by atoms with Gasteiger partial charge in [-0.3, -0.25) is 0 Å². The lowest BCUT2D eigenvalue weighted by Crippen LogP contribution is -2.13. The molecular weight excluding hydrogens is 452 g/mol. The Hall–Kier alpha value is -2.84. The molecule has 5 heteroatoms. The van der Waals surface area contributed by atoms with Gasteiger partial charge in [0.15, 0.2) is 6.10 Å². The molecule has 1 atom stereocenters. The van der Waals surface area contributed by atoms with Crippen molar-refractivity contribution in [2.75, 3.05) is 6.61 Å². The van der Waals surface area contributed by atoms with E-state index in [1.54, 1.807) is 11.3 Å². The van der Waals surface area contributed by atoms with Crippen LogP contribution in [-0.2, 0) is 0 Å². The Morgan fingerprint density at radius 2 is 1.29 bits per heavy atom. The zero-order chi connectivity index (χ0) is 24.7. The Labute approximate surface area is 215 Å². The van der Waals surface area contributed by atoms with E-state index >= 15 is 0 Å². The molecule has 0 aliphatic heterocycles. The molecule has 0 N–H and O–H groups in total. The van der Waals surface area contributed by atoms with Gasteiger partial charge >= 0.3 is 0 Å². The number of terminal acetylenes is 1. The van der Waals surface area contributed by atoms with Crippen LogP contribution >= 0.6 is 11.3 Å². The fourth-order valence-corrected chi connectivity index (χ4v) is 4.67. The Morgan fingerprint density at radius 3 is 1.89 bits per heavy atom. The molecule has 0 saturated heterocycles. The minimum atomic E-state index is -0.182. The maximum Gasteiger partial charge on any atom is 0.158 e. The van der Waals surface area contributed by atoms with E-state index in [2.05, 4.69) is 42.1 Å². The van der Waals surface area contributed by atoms with Crippen LogP contribution in [0.25, 0.3) is 21.1 Å². The van der Waals surface area contributed by atoms with E-state index < -0.39 is 0 Å². The van der Waals surface area contributed by atoms with Crippen LogP contribution in [0, 0.1) is 12.3 Å². The van der Waals surface area contributed by atoms with Gasteiger partial charge in [-0.1, -0.05) is 76.1 Å². The second-order valence-corrected chi connectivity index (χ2v) is 9.82. The summed E-state index contributed by atoms with van der Waals surface area (Å²) in [5.74, 6) is 4.44. The second kappa shape index (κ2) is 15.2. The standard InChI is InChI=1S/C30H38N2O2S/c1-4-7-9-10-11-13-23-33-27-19-15-24(16-20-27)29-31-32-30(35-29)25-17-21-28(22-18-25)34-26(6-3)14-12-8-5-2/h3,15-22,26H,4-5,7-14,23H2,1-2H3/t26-/m1/s1. The van der Waals surface area contributed by atoms with Crippen molar-refractivity contribution < 1.29 is 9.47 Å². The third-order valence-corrected chi connectivity index (χ3v) is 6.95. The molecule has 3 rings (SSSR count). The fraction of sp³-hybridized carbons (Fsp3) is 0.467. The van der Waals surface area contributed by atoms with Crippen molar-refractivity contribution in [3.8, 4) is 45.0 Å². The minimum Gasteiger partial charge on any atom is -0.494 e. The van der Waals surface area contributed by atoms with Gasteiger partial charge in [0.1, 0.15) is 21.5 Å². The number of nitrogens with zero attached hydrogens (tertiary/aromatic N) is 2. The van der Waals surface area contributed by atoms with Crippen LogP contribution < -0.4 is 9.47 Å². The summed E-state index contributed by atoms with van der Waals surface area (Å²) in [5.41, 5.74) is 2.06. The van der Waals surface area contributed by atoms with Gasteiger partial charge in [0.25, 0.3) is 0 Å². The van der Waals surface area contributed by atoms with E-state index in [0.29, 0.717) is 0 Å².